The minimum atomic E-state index is -0.482. The molecule has 6 heteroatoms. The van der Waals surface area contributed by atoms with Crippen LogP contribution in [0.4, 0.5) is 0 Å². The van der Waals surface area contributed by atoms with Gasteiger partial charge in [0.1, 0.15) is 11.8 Å². The number of carbonyl (C=O) groups is 2. The summed E-state index contributed by atoms with van der Waals surface area (Å²) in [5, 5.41) is 2.57. The smallest absolute Gasteiger partial charge is 0.242 e. The van der Waals surface area contributed by atoms with Crippen LogP contribution in [0, 0.1) is 13.8 Å². The summed E-state index contributed by atoms with van der Waals surface area (Å²) in [6.45, 7) is 5.91. The molecule has 2 rings (SSSR count). The molecule has 2 amide bonds. The summed E-state index contributed by atoms with van der Waals surface area (Å²) in [6, 6.07) is -0.482. The van der Waals surface area contributed by atoms with Crippen molar-refractivity contribution in [1.82, 2.24) is 15.2 Å². The highest BCUT2D eigenvalue weighted by Gasteiger charge is 2.31. The van der Waals surface area contributed by atoms with Crippen LogP contribution in [-0.4, -0.2) is 41.4 Å². The van der Waals surface area contributed by atoms with Gasteiger partial charge >= 0.3 is 0 Å². The van der Waals surface area contributed by atoms with Gasteiger partial charge in [-0.15, -0.1) is 0 Å². The van der Waals surface area contributed by atoms with Crippen molar-refractivity contribution in [2.75, 3.05) is 13.7 Å². The average molecular weight is 277 g/mol. The van der Waals surface area contributed by atoms with E-state index in [4.69, 9.17) is 4.74 Å². The standard InChI is InChI=1S/C14H19N3O3/c1-8-5-15-11(9(2)13(8)20-4)7-17-10(3)14(19)16-6-12(17)18/h5,10H,6-7H2,1-4H3,(H,16,19). The van der Waals surface area contributed by atoms with E-state index in [0.717, 1.165) is 22.6 Å². The van der Waals surface area contributed by atoms with Crippen LogP contribution in [0.15, 0.2) is 6.20 Å². The lowest BCUT2D eigenvalue weighted by Crippen LogP contribution is -2.56. The molecule has 108 valence electrons. The number of nitrogens with zero attached hydrogens (tertiary/aromatic N) is 2. The van der Waals surface area contributed by atoms with E-state index in [9.17, 15) is 9.59 Å². The van der Waals surface area contributed by atoms with Crippen molar-refractivity contribution in [3.8, 4) is 5.75 Å². The third-order valence-electron chi connectivity index (χ3n) is 3.65. The fourth-order valence-corrected chi connectivity index (χ4v) is 2.39. The fourth-order valence-electron chi connectivity index (χ4n) is 2.39. The van der Waals surface area contributed by atoms with E-state index in [2.05, 4.69) is 10.3 Å². The zero-order valence-electron chi connectivity index (χ0n) is 12.2. The second-order valence-corrected chi connectivity index (χ2v) is 4.96. The maximum atomic E-state index is 11.9. The lowest BCUT2D eigenvalue weighted by molar-refractivity contribution is -0.145. The van der Waals surface area contributed by atoms with Gasteiger partial charge in [-0.05, 0) is 20.8 Å². The van der Waals surface area contributed by atoms with Crippen LogP contribution in [0.25, 0.3) is 0 Å². The molecule has 1 N–H and O–H groups in total. The molecule has 1 aromatic heterocycles. The maximum absolute atomic E-state index is 11.9. The molecule has 6 nitrogen and oxygen atoms in total. The van der Waals surface area contributed by atoms with E-state index in [1.54, 1.807) is 25.1 Å². The fraction of sp³-hybridized carbons (Fsp3) is 0.500. The number of methoxy groups -OCH3 is 1. The number of hydrogen-bond acceptors (Lipinski definition) is 4. The van der Waals surface area contributed by atoms with Crippen molar-refractivity contribution in [2.45, 2.75) is 33.4 Å². The number of ether oxygens (including phenoxy) is 1. The minimum absolute atomic E-state index is 0.0468. The van der Waals surface area contributed by atoms with Crippen LogP contribution in [0.5, 0.6) is 5.75 Å². The number of hydrogen-bond donors (Lipinski definition) is 1. The Morgan fingerprint density at radius 2 is 2.15 bits per heavy atom. The monoisotopic (exact) mass is 277 g/mol. The normalized spacial score (nSPS) is 19.0. The first kappa shape index (κ1) is 14.3. The summed E-state index contributed by atoms with van der Waals surface area (Å²) in [5.74, 6) is 0.538. The Kier molecular flexibility index (Phi) is 3.92. The van der Waals surface area contributed by atoms with Gasteiger partial charge < -0.3 is 15.0 Å². The SMILES string of the molecule is COc1c(C)cnc(CN2C(=O)CNC(=O)C2C)c1C. The van der Waals surface area contributed by atoms with Crippen LogP contribution in [0.3, 0.4) is 0 Å². The molecule has 1 unspecified atom stereocenters. The molecule has 0 bridgehead atoms. The predicted molar refractivity (Wildman–Crippen MR) is 73.3 cm³/mol. The quantitative estimate of drug-likeness (QED) is 0.876. The highest BCUT2D eigenvalue weighted by molar-refractivity contribution is 5.94. The Morgan fingerprint density at radius 3 is 2.80 bits per heavy atom. The first-order valence-electron chi connectivity index (χ1n) is 6.52. The zero-order valence-corrected chi connectivity index (χ0v) is 12.2. The number of nitrogens with one attached hydrogen (secondary N) is 1. The molecule has 20 heavy (non-hydrogen) atoms. The van der Waals surface area contributed by atoms with Gasteiger partial charge in [-0.2, -0.15) is 0 Å². The van der Waals surface area contributed by atoms with Gasteiger partial charge in [0, 0.05) is 17.3 Å². The van der Waals surface area contributed by atoms with E-state index >= 15 is 0 Å². The van der Waals surface area contributed by atoms with Crippen LogP contribution < -0.4 is 10.1 Å². The molecule has 0 radical (unpaired) electrons. The number of rotatable bonds is 3. The number of pyridine rings is 1. The van der Waals surface area contributed by atoms with Crippen molar-refractivity contribution in [1.29, 1.82) is 0 Å². The molecule has 2 heterocycles. The lowest BCUT2D eigenvalue weighted by Gasteiger charge is -2.32. The van der Waals surface area contributed by atoms with Gasteiger partial charge in [0.25, 0.3) is 0 Å². The van der Waals surface area contributed by atoms with Crippen LogP contribution in [0.1, 0.15) is 23.7 Å². The van der Waals surface area contributed by atoms with Gasteiger partial charge in [0.05, 0.1) is 25.9 Å². The summed E-state index contributed by atoms with van der Waals surface area (Å²) < 4.78 is 5.36. The third-order valence-corrected chi connectivity index (χ3v) is 3.65. The molecule has 1 atom stereocenters. The van der Waals surface area contributed by atoms with Gasteiger partial charge in [0.2, 0.25) is 11.8 Å². The average Bonchev–Trinajstić information content (AvgIpc) is 2.42. The summed E-state index contributed by atoms with van der Waals surface area (Å²) in [5.41, 5.74) is 2.60. The molecule has 0 spiro atoms. The molecule has 1 aliphatic rings. The Labute approximate surface area is 118 Å². The molecular weight excluding hydrogens is 258 g/mol. The number of piperazine rings is 1. The van der Waals surface area contributed by atoms with Crippen molar-refractivity contribution < 1.29 is 14.3 Å². The molecule has 1 aliphatic heterocycles. The Bertz CT molecular complexity index is 557. The Hall–Kier alpha value is -2.11. The summed E-state index contributed by atoms with van der Waals surface area (Å²) in [7, 11) is 1.61. The second kappa shape index (κ2) is 5.48. The maximum Gasteiger partial charge on any atom is 0.242 e. The summed E-state index contributed by atoms with van der Waals surface area (Å²) >= 11 is 0. The molecule has 1 aromatic rings. The zero-order chi connectivity index (χ0) is 14.9. The predicted octanol–water partition coefficient (Wildman–Crippen LogP) is 0.554. The molecule has 1 fully saturated rings. The first-order chi connectivity index (χ1) is 9.45. The van der Waals surface area contributed by atoms with E-state index in [0.29, 0.717) is 6.54 Å². The summed E-state index contributed by atoms with van der Waals surface area (Å²) in [6.07, 6.45) is 1.72. The molecule has 0 aliphatic carbocycles. The molecule has 1 saturated heterocycles. The second-order valence-electron chi connectivity index (χ2n) is 4.96. The minimum Gasteiger partial charge on any atom is -0.496 e. The van der Waals surface area contributed by atoms with Gasteiger partial charge in [-0.25, -0.2) is 0 Å². The number of aromatic nitrogens is 1. The van der Waals surface area contributed by atoms with Crippen molar-refractivity contribution in [3.05, 3.63) is 23.0 Å². The lowest BCUT2D eigenvalue weighted by atomic mass is 10.1. The topological polar surface area (TPSA) is 71.5 Å². The van der Waals surface area contributed by atoms with Crippen LogP contribution in [-0.2, 0) is 16.1 Å². The van der Waals surface area contributed by atoms with E-state index in [1.165, 1.54) is 0 Å². The van der Waals surface area contributed by atoms with Gasteiger partial charge in [-0.1, -0.05) is 0 Å². The van der Waals surface area contributed by atoms with Crippen molar-refractivity contribution in [2.24, 2.45) is 0 Å². The third kappa shape index (κ3) is 2.45. The van der Waals surface area contributed by atoms with E-state index in [1.807, 2.05) is 13.8 Å². The summed E-state index contributed by atoms with van der Waals surface area (Å²) in [4.78, 5) is 29.5. The molecular formula is C14H19N3O3. The van der Waals surface area contributed by atoms with Gasteiger partial charge in [-0.3, -0.25) is 14.6 Å². The van der Waals surface area contributed by atoms with Crippen LogP contribution >= 0.6 is 0 Å². The number of carbonyl (C=O) groups excluding carboxylic acids is 2. The first-order valence-corrected chi connectivity index (χ1v) is 6.52. The van der Waals surface area contributed by atoms with E-state index < -0.39 is 6.04 Å². The van der Waals surface area contributed by atoms with Crippen LogP contribution in [0.2, 0.25) is 0 Å². The molecule has 0 aromatic carbocycles. The van der Waals surface area contributed by atoms with Crippen molar-refractivity contribution in [3.63, 3.8) is 0 Å². The number of amides is 2. The largest absolute Gasteiger partial charge is 0.496 e. The Morgan fingerprint density at radius 1 is 1.45 bits per heavy atom. The highest BCUT2D eigenvalue weighted by Crippen LogP contribution is 2.25. The molecule has 0 saturated carbocycles. The van der Waals surface area contributed by atoms with Crippen molar-refractivity contribution >= 4 is 11.8 Å². The highest BCUT2D eigenvalue weighted by atomic mass is 16.5. The number of aryl methyl sites for hydroxylation is 1. The van der Waals surface area contributed by atoms with E-state index in [-0.39, 0.29) is 18.4 Å². The van der Waals surface area contributed by atoms with Gasteiger partial charge in [0.15, 0.2) is 0 Å². The Balaban J connectivity index is 2.29.